The second kappa shape index (κ2) is 9.75. The van der Waals surface area contributed by atoms with Crippen molar-refractivity contribution in [3.05, 3.63) is 45.9 Å². The number of amides is 1. The van der Waals surface area contributed by atoms with Gasteiger partial charge in [-0.2, -0.15) is 25.9 Å². The number of piperazine rings is 1. The summed E-state index contributed by atoms with van der Waals surface area (Å²) >= 11 is 12.2. The lowest BCUT2D eigenvalue weighted by Gasteiger charge is -2.46. The predicted octanol–water partition coefficient (Wildman–Crippen LogP) is 4.19. The molecule has 5 rings (SSSR count). The largest absolute Gasteiger partial charge is 0.465 e. The van der Waals surface area contributed by atoms with Crippen LogP contribution in [0.4, 0.5) is 23.7 Å². The van der Waals surface area contributed by atoms with E-state index in [0.717, 1.165) is 12.1 Å². The lowest BCUT2D eigenvalue weighted by Crippen LogP contribution is -2.64. The molecule has 0 radical (unpaired) electrons. The predicted molar refractivity (Wildman–Crippen MR) is 136 cm³/mol. The molecule has 0 aliphatic carbocycles. The van der Waals surface area contributed by atoms with Crippen LogP contribution in [0.25, 0.3) is 22.4 Å². The molecule has 2 saturated heterocycles. The highest BCUT2D eigenvalue weighted by atomic mass is 35.5. The van der Waals surface area contributed by atoms with Gasteiger partial charge in [-0.15, -0.1) is 0 Å². The van der Waals surface area contributed by atoms with Crippen molar-refractivity contribution in [2.45, 2.75) is 12.2 Å². The molecule has 38 heavy (non-hydrogen) atoms. The normalized spacial score (nSPS) is 18.1. The van der Waals surface area contributed by atoms with Gasteiger partial charge in [-0.05, 0) is 30.3 Å². The summed E-state index contributed by atoms with van der Waals surface area (Å²) in [7, 11) is -4.01. The third-order valence-electron chi connectivity index (χ3n) is 6.61. The molecule has 2 aliphatic heterocycles. The van der Waals surface area contributed by atoms with Gasteiger partial charge in [0.1, 0.15) is 5.82 Å². The van der Waals surface area contributed by atoms with Gasteiger partial charge < -0.3 is 15.0 Å². The minimum Gasteiger partial charge on any atom is -0.465 e. The Balaban J connectivity index is 1.36. The van der Waals surface area contributed by atoms with Gasteiger partial charge in [-0.25, -0.2) is 9.78 Å². The van der Waals surface area contributed by atoms with Gasteiger partial charge >= 0.3 is 22.5 Å². The number of aromatic nitrogens is 2. The lowest BCUT2D eigenvalue weighted by molar-refractivity contribution is -0.137. The van der Waals surface area contributed by atoms with Gasteiger partial charge in [0.25, 0.3) is 0 Å². The van der Waals surface area contributed by atoms with Gasteiger partial charge in [0.2, 0.25) is 0 Å². The number of nitrogens with one attached hydrogen (secondary N) is 2. The number of carbonyl (C=O) groups is 1. The molecule has 16 heteroatoms. The van der Waals surface area contributed by atoms with Gasteiger partial charge in [-0.3, -0.25) is 9.62 Å². The Morgan fingerprint density at radius 1 is 1.11 bits per heavy atom. The zero-order valence-electron chi connectivity index (χ0n) is 19.5. The molecule has 0 bridgehead atoms. The lowest BCUT2D eigenvalue weighted by atomic mass is 10.1. The number of hydrogen-bond acceptors (Lipinski definition) is 5. The Bertz CT molecular complexity index is 1500. The van der Waals surface area contributed by atoms with E-state index in [1.54, 1.807) is 0 Å². The molecule has 0 atom stereocenters. The van der Waals surface area contributed by atoms with Crippen LogP contribution in [-0.4, -0.2) is 89.0 Å². The molecule has 3 N–H and O–H groups in total. The number of likely N-dealkylation sites (tertiary alicyclic amines) is 1. The van der Waals surface area contributed by atoms with Gasteiger partial charge in [-0.1, -0.05) is 23.2 Å². The number of rotatable bonds is 5. The van der Waals surface area contributed by atoms with Crippen LogP contribution in [0, 0.1) is 0 Å². The summed E-state index contributed by atoms with van der Waals surface area (Å²) in [4.78, 5) is 21.4. The van der Waals surface area contributed by atoms with Crippen LogP contribution in [0.3, 0.4) is 0 Å². The number of benzene rings is 2. The summed E-state index contributed by atoms with van der Waals surface area (Å²) in [6.07, 6.45) is -5.59. The van der Waals surface area contributed by atoms with Crippen LogP contribution in [-0.2, 0) is 16.4 Å². The maximum atomic E-state index is 13.2. The Labute approximate surface area is 225 Å². The van der Waals surface area contributed by atoms with E-state index in [-0.39, 0.29) is 57.3 Å². The number of halogens is 5. The first-order valence-corrected chi connectivity index (χ1v) is 13.6. The smallest absolute Gasteiger partial charge is 0.416 e. The Kier molecular flexibility index (Phi) is 6.88. The molecule has 2 aromatic carbocycles. The fourth-order valence-electron chi connectivity index (χ4n) is 4.52. The molecule has 1 aromatic heterocycles. The van der Waals surface area contributed by atoms with Crippen LogP contribution < -0.4 is 4.72 Å². The van der Waals surface area contributed by atoms with Crippen molar-refractivity contribution in [3.63, 3.8) is 0 Å². The van der Waals surface area contributed by atoms with Crippen molar-refractivity contribution in [2.24, 2.45) is 0 Å². The standard InChI is InChI=1S/C22H21Cl2F3N6O4S/c23-13-1-2-17(15(9-13)20-28-18-8-12(22(25,26)27)7-16(24)19(18)29-20)30-38(36,37)33-5-3-31(4-6-33)14-10-32(11-14)21(34)35/h1-2,7-9,14,30H,3-6,10-11H2,(H,28,29)(H,34,35). The van der Waals surface area contributed by atoms with Crippen molar-refractivity contribution in [1.29, 1.82) is 0 Å². The van der Waals surface area contributed by atoms with Gasteiger partial charge in [0, 0.05) is 55.9 Å². The fraction of sp³-hybridized carbons (Fsp3) is 0.364. The summed E-state index contributed by atoms with van der Waals surface area (Å²) in [6, 6.07) is 6.06. The SMILES string of the molecule is O=C(O)N1CC(N2CCN(S(=O)(=O)Nc3ccc(Cl)cc3-c3nc4cc(C(F)(F)F)cc(Cl)c4[nH]3)CC2)C1. The third kappa shape index (κ3) is 5.23. The second-order valence-electron chi connectivity index (χ2n) is 9.01. The van der Waals surface area contributed by atoms with E-state index < -0.39 is 28.0 Å². The highest BCUT2D eigenvalue weighted by Crippen LogP contribution is 2.37. The molecular weight excluding hydrogens is 572 g/mol. The topological polar surface area (TPSA) is 122 Å². The Morgan fingerprint density at radius 3 is 2.42 bits per heavy atom. The molecule has 0 unspecified atom stereocenters. The summed E-state index contributed by atoms with van der Waals surface area (Å²) in [5.41, 5.74) is -0.487. The molecule has 0 saturated carbocycles. The maximum absolute atomic E-state index is 13.2. The number of hydrogen-bond donors (Lipinski definition) is 3. The zero-order chi connectivity index (χ0) is 27.4. The van der Waals surface area contributed by atoms with E-state index in [2.05, 4.69) is 19.6 Å². The molecule has 2 aliphatic rings. The van der Waals surface area contributed by atoms with Crippen LogP contribution in [0.15, 0.2) is 30.3 Å². The zero-order valence-corrected chi connectivity index (χ0v) is 21.8. The first kappa shape index (κ1) is 26.8. The highest BCUT2D eigenvalue weighted by Gasteiger charge is 2.38. The van der Waals surface area contributed by atoms with E-state index in [0.29, 0.717) is 26.2 Å². The van der Waals surface area contributed by atoms with Crippen molar-refractivity contribution in [2.75, 3.05) is 44.0 Å². The van der Waals surface area contributed by atoms with Crippen molar-refractivity contribution in [1.82, 2.24) is 24.1 Å². The van der Waals surface area contributed by atoms with Crippen molar-refractivity contribution in [3.8, 4) is 11.4 Å². The first-order valence-electron chi connectivity index (χ1n) is 11.4. The first-order chi connectivity index (χ1) is 17.8. The molecular formula is C22H21Cl2F3N6O4S. The minimum atomic E-state index is -4.62. The highest BCUT2D eigenvalue weighted by molar-refractivity contribution is 7.90. The molecule has 1 amide bonds. The molecule has 204 valence electrons. The van der Waals surface area contributed by atoms with E-state index in [1.165, 1.54) is 27.4 Å². The molecule has 3 heterocycles. The molecule has 3 aromatic rings. The number of aromatic amines is 1. The van der Waals surface area contributed by atoms with Crippen molar-refractivity contribution < 1.29 is 31.5 Å². The summed E-state index contributed by atoms with van der Waals surface area (Å²) in [5, 5.41) is 9.08. The molecule has 2 fully saturated rings. The quantitative estimate of drug-likeness (QED) is 0.408. The summed E-state index contributed by atoms with van der Waals surface area (Å²) < 4.78 is 69.9. The fourth-order valence-corrected chi connectivity index (χ4v) is 6.18. The van der Waals surface area contributed by atoms with Crippen LogP contribution >= 0.6 is 23.2 Å². The molecule has 10 nitrogen and oxygen atoms in total. The van der Waals surface area contributed by atoms with Gasteiger partial charge in [0.15, 0.2) is 0 Å². The minimum absolute atomic E-state index is 0.0396. The van der Waals surface area contributed by atoms with Crippen LogP contribution in [0.1, 0.15) is 5.56 Å². The summed E-state index contributed by atoms with van der Waals surface area (Å²) in [6.45, 7) is 2.05. The average Bonchev–Trinajstić information content (AvgIpc) is 3.23. The van der Waals surface area contributed by atoms with Gasteiger partial charge in [0.05, 0.1) is 27.3 Å². The Hall–Kier alpha value is -2.78. The Morgan fingerprint density at radius 2 is 1.79 bits per heavy atom. The third-order valence-corrected chi connectivity index (χ3v) is 8.67. The monoisotopic (exact) mass is 592 g/mol. The van der Waals surface area contributed by atoms with E-state index in [1.807, 2.05) is 0 Å². The van der Waals surface area contributed by atoms with Crippen LogP contribution in [0.2, 0.25) is 10.0 Å². The van der Waals surface area contributed by atoms with Crippen LogP contribution in [0.5, 0.6) is 0 Å². The van der Waals surface area contributed by atoms with E-state index in [4.69, 9.17) is 28.3 Å². The average molecular weight is 593 g/mol. The number of carboxylic acid groups (broad SMARTS) is 1. The number of imidazole rings is 1. The van der Waals surface area contributed by atoms with E-state index in [9.17, 15) is 26.4 Å². The maximum Gasteiger partial charge on any atom is 0.416 e. The van der Waals surface area contributed by atoms with E-state index >= 15 is 0 Å². The second-order valence-corrected chi connectivity index (χ2v) is 11.5. The summed E-state index contributed by atoms with van der Waals surface area (Å²) in [5.74, 6) is 0.0826. The number of nitrogens with zero attached hydrogens (tertiary/aromatic N) is 4. The number of H-pyrrole nitrogens is 1. The molecule has 0 spiro atoms. The number of fused-ring (bicyclic) bond motifs is 1. The number of alkyl halides is 3. The number of anilines is 1. The van der Waals surface area contributed by atoms with Crippen molar-refractivity contribution >= 4 is 56.2 Å².